The van der Waals surface area contributed by atoms with Crippen molar-refractivity contribution in [3.05, 3.63) is 23.8 Å². The smallest absolute Gasteiger partial charge is 0.139 e. The molecule has 4 atom stereocenters. The number of hydrogen-bond acceptors (Lipinski definition) is 3. The van der Waals surface area contributed by atoms with Crippen molar-refractivity contribution in [2.75, 3.05) is 12.9 Å². The molecule has 0 amide bonds. The maximum atomic E-state index is 12.3. The Kier molecular flexibility index (Phi) is 3.11. The van der Waals surface area contributed by atoms with E-state index in [2.05, 4.69) is 25.1 Å². The lowest BCUT2D eigenvalue weighted by atomic mass is 9.59. The Morgan fingerprint density at radius 1 is 1.33 bits per heavy atom. The number of thioether (sulfide) groups is 1. The fourth-order valence-electron chi connectivity index (χ4n) is 4.94. The molecular formula is C18H22O2S. The van der Waals surface area contributed by atoms with Crippen LogP contribution in [0.4, 0.5) is 0 Å². The van der Waals surface area contributed by atoms with E-state index in [0.717, 1.165) is 25.0 Å². The van der Waals surface area contributed by atoms with Gasteiger partial charge in [-0.2, -0.15) is 0 Å². The molecule has 0 saturated heterocycles. The van der Waals surface area contributed by atoms with Gasteiger partial charge in [0.1, 0.15) is 11.5 Å². The molecule has 3 heteroatoms. The standard InChI is InChI=1S/C18H22O2S/c1-18-8-7-12-13-4-3-11(20-2)9-16(13)21-10-14(12)15(18)5-6-17(18)19/h3-4,9,12,14-15H,5-8,10H2,1-2H3/t12-,14-,15-,18-/m1/s1. The molecule has 0 spiro atoms. The molecule has 4 rings (SSSR count). The summed E-state index contributed by atoms with van der Waals surface area (Å²) in [6.07, 6.45) is 4.17. The molecule has 1 aromatic carbocycles. The predicted molar refractivity (Wildman–Crippen MR) is 85.0 cm³/mol. The zero-order valence-corrected chi connectivity index (χ0v) is 13.5. The molecule has 0 aromatic heterocycles. The number of Topliss-reactive ketones (excluding diaryl/α,β-unsaturated/α-hetero) is 1. The van der Waals surface area contributed by atoms with Gasteiger partial charge >= 0.3 is 0 Å². The van der Waals surface area contributed by atoms with E-state index in [1.165, 1.54) is 22.6 Å². The van der Waals surface area contributed by atoms with E-state index < -0.39 is 0 Å². The van der Waals surface area contributed by atoms with Crippen LogP contribution in [0.15, 0.2) is 23.1 Å². The highest BCUT2D eigenvalue weighted by atomic mass is 32.2. The van der Waals surface area contributed by atoms with Gasteiger partial charge in [-0.05, 0) is 54.7 Å². The largest absolute Gasteiger partial charge is 0.497 e. The van der Waals surface area contributed by atoms with E-state index in [1.54, 1.807) is 7.11 Å². The lowest BCUT2D eigenvalue weighted by molar-refractivity contribution is -0.128. The summed E-state index contributed by atoms with van der Waals surface area (Å²) in [5.74, 6) is 4.58. The summed E-state index contributed by atoms with van der Waals surface area (Å²) in [6.45, 7) is 2.23. The third-order valence-corrected chi connectivity index (χ3v) is 7.41. The number of ketones is 1. The number of ether oxygens (including phenoxy) is 1. The first-order valence-corrected chi connectivity index (χ1v) is 8.96. The molecule has 0 bridgehead atoms. The molecule has 1 aromatic rings. The van der Waals surface area contributed by atoms with Crippen LogP contribution in [0.5, 0.6) is 5.75 Å². The summed E-state index contributed by atoms with van der Waals surface area (Å²) in [5.41, 5.74) is 1.48. The molecule has 3 aliphatic rings. The van der Waals surface area contributed by atoms with E-state index in [9.17, 15) is 4.79 Å². The Balaban J connectivity index is 1.70. The minimum atomic E-state index is -0.0221. The Hall–Kier alpha value is -0.960. The van der Waals surface area contributed by atoms with Crippen LogP contribution in [0.2, 0.25) is 0 Å². The SMILES string of the molecule is COc1ccc2c(c1)SC[C@@H]1[C@@H]2CC[C@@]2(C)C(=O)CC[C@H]12. The topological polar surface area (TPSA) is 26.3 Å². The van der Waals surface area contributed by atoms with Crippen LogP contribution in [-0.4, -0.2) is 18.6 Å². The van der Waals surface area contributed by atoms with Crippen LogP contribution >= 0.6 is 11.8 Å². The first-order chi connectivity index (χ1) is 10.1. The van der Waals surface area contributed by atoms with Crippen molar-refractivity contribution in [1.82, 2.24) is 0 Å². The molecule has 2 fully saturated rings. The van der Waals surface area contributed by atoms with Crippen LogP contribution in [0.1, 0.15) is 44.1 Å². The lowest BCUT2D eigenvalue weighted by Gasteiger charge is -2.47. The summed E-state index contributed by atoms with van der Waals surface area (Å²) in [4.78, 5) is 13.7. The highest BCUT2D eigenvalue weighted by Crippen LogP contribution is 2.60. The minimum absolute atomic E-state index is 0.0221. The lowest BCUT2D eigenvalue weighted by Crippen LogP contribution is -2.42. The molecule has 21 heavy (non-hydrogen) atoms. The van der Waals surface area contributed by atoms with Crippen LogP contribution in [0, 0.1) is 17.3 Å². The van der Waals surface area contributed by atoms with Crippen molar-refractivity contribution < 1.29 is 9.53 Å². The molecule has 2 aliphatic carbocycles. The van der Waals surface area contributed by atoms with Crippen molar-refractivity contribution >= 4 is 17.5 Å². The number of carbonyl (C=O) groups excluding carboxylic acids is 1. The molecule has 112 valence electrons. The van der Waals surface area contributed by atoms with Gasteiger partial charge in [0.15, 0.2) is 0 Å². The molecule has 1 heterocycles. The number of carbonyl (C=O) groups is 1. The van der Waals surface area contributed by atoms with Gasteiger partial charge in [0, 0.05) is 22.5 Å². The fourth-order valence-corrected chi connectivity index (χ4v) is 6.36. The van der Waals surface area contributed by atoms with Crippen LogP contribution in [0.25, 0.3) is 0 Å². The average Bonchev–Trinajstić information content (AvgIpc) is 2.82. The van der Waals surface area contributed by atoms with Crippen LogP contribution in [0.3, 0.4) is 0 Å². The third-order valence-electron chi connectivity index (χ3n) is 6.20. The van der Waals surface area contributed by atoms with Crippen molar-refractivity contribution in [3.63, 3.8) is 0 Å². The van der Waals surface area contributed by atoms with E-state index >= 15 is 0 Å². The molecule has 0 unspecified atom stereocenters. The number of benzene rings is 1. The number of fused-ring (bicyclic) bond motifs is 5. The minimum Gasteiger partial charge on any atom is -0.497 e. The second-order valence-corrected chi connectivity index (χ2v) is 8.07. The highest BCUT2D eigenvalue weighted by molar-refractivity contribution is 7.99. The monoisotopic (exact) mass is 302 g/mol. The van der Waals surface area contributed by atoms with Gasteiger partial charge in [0.05, 0.1) is 7.11 Å². The molecule has 2 nitrogen and oxygen atoms in total. The zero-order chi connectivity index (χ0) is 14.6. The third kappa shape index (κ3) is 1.89. The van der Waals surface area contributed by atoms with Gasteiger partial charge in [-0.3, -0.25) is 4.79 Å². The van der Waals surface area contributed by atoms with Gasteiger partial charge in [-0.15, -0.1) is 11.8 Å². The number of hydrogen-bond donors (Lipinski definition) is 0. The van der Waals surface area contributed by atoms with E-state index in [1.807, 2.05) is 11.8 Å². The van der Waals surface area contributed by atoms with Gasteiger partial charge in [0.2, 0.25) is 0 Å². The summed E-state index contributed by atoms with van der Waals surface area (Å²) in [7, 11) is 1.73. The highest BCUT2D eigenvalue weighted by Gasteiger charge is 2.54. The van der Waals surface area contributed by atoms with Crippen LogP contribution in [-0.2, 0) is 4.79 Å². The van der Waals surface area contributed by atoms with Gasteiger partial charge in [-0.1, -0.05) is 13.0 Å². The maximum Gasteiger partial charge on any atom is 0.139 e. The summed E-state index contributed by atoms with van der Waals surface area (Å²) < 4.78 is 5.36. The fraction of sp³-hybridized carbons (Fsp3) is 0.611. The van der Waals surface area contributed by atoms with Crippen LogP contribution < -0.4 is 4.74 Å². The zero-order valence-electron chi connectivity index (χ0n) is 12.7. The normalized spacial score (nSPS) is 37.6. The molecule has 0 radical (unpaired) electrons. The number of rotatable bonds is 1. The van der Waals surface area contributed by atoms with E-state index in [0.29, 0.717) is 23.5 Å². The Labute approximate surface area is 130 Å². The molecule has 1 aliphatic heterocycles. The summed E-state index contributed by atoms with van der Waals surface area (Å²) in [6, 6.07) is 6.54. The molecule has 0 N–H and O–H groups in total. The first-order valence-electron chi connectivity index (χ1n) is 7.97. The second-order valence-electron chi connectivity index (χ2n) is 7.01. The Bertz CT molecular complexity index is 597. The van der Waals surface area contributed by atoms with E-state index in [-0.39, 0.29) is 5.41 Å². The van der Waals surface area contributed by atoms with Gasteiger partial charge in [-0.25, -0.2) is 0 Å². The Morgan fingerprint density at radius 2 is 2.19 bits per heavy atom. The Morgan fingerprint density at radius 3 is 3.00 bits per heavy atom. The van der Waals surface area contributed by atoms with Gasteiger partial charge in [0.25, 0.3) is 0 Å². The van der Waals surface area contributed by atoms with E-state index in [4.69, 9.17) is 4.74 Å². The summed E-state index contributed by atoms with van der Waals surface area (Å²) >= 11 is 1.96. The average molecular weight is 302 g/mol. The quantitative estimate of drug-likeness (QED) is 0.774. The first kappa shape index (κ1) is 13.7. The van der Waals surface area contributed by atoms with Crippen molar-refractivity contribution in [2.24, 2.45) is 17.3 Å². The summed E-state index contributed by atoms with van der Waals surface area (Å²) in [5, 5.41) is 0. The van der Waals surface area contributed by atoms with Crippen molar-refractivity contribution in [2.45, 2.75) is 43.4 Å². The van der Waals surface area contributed by atoms with Crippen molar-refractivity contribution in [3.8, 4) is 5.75 Å². The van der Waals surface area contributed by atoms with Crippen molar-refractivity contribution in [1.29, 1.82) is 0 Å². The predicted octanol–water partition coefficient (Wildman–Crippen LogP) is 4.28. The maximum absolute atomic E-state index is 12.3. The second kappa shape index (κ2) is 4.77. The number of methoxy groups -OCH3 is 1. The molecule has 2 saturated carbocycles. The molecular weight excluding hydrogens is 280 g/mol. The van der Waals surface area contributed by atoms with Gasteiger partial charge < -0.3 is 4.74 Å².